The van der Waals surface area contributed by atoms with E-state index >= 15 is 0 Å². The molecule has 80 valence electrons. The Morgan fingerprint density at radius 3 is 3.07 bits per heavy atom. The van der Waals surface area contributed by atoms with Crippen LogP contribution in [0, 0.1) is 12.0 Å². The number of carbonyl (C=O) groups excluding carboxylic acids is 1. The summed E-state index contributed by atoms with van der Waals surface area (Å²) in [5.74, 6) is 2.95. The van der Waals surface area contributed by atoms with Gasteiger partial charge in [0.15, 0.2) is 5.11 Å². The van der Waals surface area contributed by atoms with Crippen LogP contribution in [-0.4, -0.2) is 33.9 Å². The minimum absolute atomic E-state index is 0.0646. The highest BCUT2D eigenvalue weighted by Crippen LogP contribution is 2.17. The molecule has 1 heterocycles. The topological polar surface area (TPSA) is 56.7 Å². The first kappa shape index (κ1) is 11.8. The van der Waals surface area contributed by atoms with E-state index in [0.717, 1.165) is 0 Å². The minimum atomic E-state index is -0.0646. The molecule has 2 N–H and O–H groups in total. The monoisotopic (exact) mass is 242 g/mol. The van der Waals surface area contributed by atoms with Crippen LogP contribution in [0.4, 0.5) is 0 Å². The average molecular weight is 242 g/mol. The Bertz CT molecular complexity index is 369. The Morgan fingerprint density at radius 1 is 1.73 bits per heavy atom. The van der Waals surface area contributed by atoms with Crippen molar-refractivity contribution in [3.8, 4) is 12.0 Å². The molecule has 1 aliphatic rings. The second kappa shape index (κ2) is 5.58. The molecule has 7 heteroatoms. The predicted molar refractivity (Wildman–Crippen MR) is 65.0 cm³/mol. The first-order valence-corrected chi connectivity index (χ1v) is 5.52. The number of nitrogens with one attached hydrogen (secondary N) is 2. The van der Waals surface area contributed by atoms with Crippen molar-refractivity contribution >= 4 is 40.2 Å². The Hall–Kier alpha value is -1.26. The molecule has 0 aromatic rings. The highest BCUT2D eigenvalue weighted by atomic mass is 32.2. The second-order valence-electron chi connectivity index (χ2n) is 2.46. The molecule has 1 rings (SSSR count). The maximum absolute atomic E-state index is 11.3. The summed E-state index contributed by atoms with van der Waals surface area (Å²) in [6.07, 6.45) is 0. The molecule has 0 aromatic carbocycles. The third kappa shape index (κ3) is 3.11. The van der Waals surface area contributed by atoms with Gasteiger partial charge < -0.3 is 5.32 Å². The summed E-state index contributed by atoms with van der Waals surface area (Å²) in [7, 11) is 1.69. The van der Waals surface area contributed by atoms with E-state index in [1.165, 1.54) is 16.7 Å². The van der Waals surface area contributed by atoms with Crippen LogP contribution in [0.2, 0.25) is 0 Å². The fourth-order valence-corrected chi connectivity index (χ4v) is 1.63. The molecule has 0 spiro atoms. The summed E-state index contributed by atoms with van der Waals surface area (Å²) in [6, 6.07) is 2.66. The molecule has 15 heavy (non-hydrogen) atoms. The summed E-state index contributed by atoms with van der Waals surface area (Å²) >= 11 is 6.17. The van der Waals surface area contributed by atoms with Gasteiger partial charge in [0.25, 0.3) is 5.91 Å². The molecule has 1 saturated heterocycles. The van der Waals surface area contributed by atoms with Crippen LogP contribution in [0.5, 0.6) is 0 Å². The van der Waals surface area contributed by atoms with E-state index in [-0.39, 0.29) is 5.91 Å². The van der Waals surface area contributed by atoms with Gasteiger partial charge in [0.1, 0.15) is 0 Å². The maximum Gasteiger partial charge on any atom is 0.250 e. The van der Waals surface area contributed by atoms with Crippen molar-refractivity contribution in [2.24, 2.45) is 5.10 Å². The Balaban J connectivity index is 2.71. The van der Waals surface area contributed by atoms with Crippen molar-refractivity contribution in [1.29, 1.82) is 0 Å². The molecule has 0 radical (unpaired) electrons. The smallest absolute Gasteiger partial charge is 0.250 e. The summed E-state index contributed by atoms with van der Waals surface area (Å²) < 4.78 is 0. The molecule has 0 aliphatic carbocycles. The molecular formula is C8H10N4OS2. The second-order valence-corrected chi connectivity index (χ2v) is 3.82. The molecule has 0 bridgehead atoms. The van der Waals surface area contributed by atoms with Crippen LogP contribution in [-0.2, 0) is 4.79 Å². The highest BCUT2D eigenvalue weighted by molar-refractivity contribution is 8.15. The number of thiocarbonyl (C=S) groups is 1. The van der Waals surface area contributed by atoms with Gasteiger partial charge in [-0.05, 0) is 19.1 Å². The number of hydrogen-bond acceptors (Lipinski definition) is 4. The molecular weight excluding hydrogens is 232 g/mol. The van der Waals surface area contributed by atoms with Crippen molar-refractivity contribution in [3.63, 3.8) is 0 Å². The van der Waals surface area contributed by atoms with E-state index in [0.29, 0.717) is 16.0 Å². The number of amidine groups is 1. The normalized spacial score (nSPS) is 17.3. The van der Waals surface area contributed by atoms with Gasteiger partial charge in [-0.25, -0.2) is 4.90 Å². The van der Waals surface area contributed by atoms with Crippen LogP contribution < -0.4 is 10.7 Å². The fourth-order valence-electron chi connectivity index (χ4n) is 0.821. The lowest BCUT2D eigenvalue weighted by Gasteiger charge is -2.07. The Kier molecular flexibility index (Phi) is 4.39. The van der Waals surface area contributed by atoms with E-state index in [4.69, 9.17) is 12.2 Å². The highest BCUT2D eigenvalue weighted by Gasteiger charge is 2.27. The number of thioether (sulfide) groups is 1. The van der Waals surface area contributed by atoms with E-state index < -0.39 is 0 Å². The van der Waals surface area contributed by atoms with Gasteiger partial charge in [0, 0.05) is 13.1 Å². The van der Waals surface area contributed by atoms with Gasteiger partial charge in [-0.3, -0.25) is 10.2 Å². The van der Waals surface area contributed by atoms with E-state index in [1.54, 1.807) is 14.0 Å². The van der Waals surface area contributed by atoms with E-state index in [9.17, 15) is 4.79 Å². The molecule has 0 unspecified atom stereocenters. The third-order valence-electron chi connectivity index (χ3n) is 1.47. The standard InChI is InChI=1S/C8H10N4OS2/c1-3-4-12-6(13)5-15-8(12)11-10-7(14)9-2/h5H2,1-2H3,(H2,9,10,14). The molecule has 1 amide bonds. The predicted octanol–water partition coefficient (Wildman–Crippen LogP) is -0.0925. The third-order valence-corrected chi connectivity index (χ3v) is 2.69. The van der Waals surface area contributed by atoms with Gasteiger partial charge in [-0.2, -0.15) is 0 Å². The summed E-state index contributed by atoms with van der Waals surface area (Å²) in [5.41, 5.74) is 2.61. The van der Waals surface area contributed by atoms with Crippen LogP contribution in [0.25, 0.3) is 0 Å². The van der Waals surface area contributed by atoms with Gasteiger partial charge in [-0.1, -0.05) is 17.7 Å². The zero-order valence-electron chi connectivity index (χ0n) is 8.33. The van der Waals surface area contributed by atoms with Crippen LogP contribution in [0.15, 0.2) is 5.10 Å². The molecule has 0 saturated carbocycles. The molecule has 0 atom stereocenters. The lowest BCUT2D eigenvalue weighted by atomic mass is 10.6. The first-order chi connectivity index (χ1) is 7.19. The van der Waals surface area contributed by atoms with Crippen LogP contribution in [0.3, 0.4) is 0 Å². The molecule has 5 nitrogen and oxygen atoms in total. The van der Waals surface area contributed by atoms with E-state index in [2.05, 4.69) is 27.8 Å². The summed E-state index contributed by atoms with van der Waals surface area (Å²) in [4.78, 5) is 12.6. The van der Waals surface area contributed by atoms with Gasteiger partial charge in [-0.15, -0.1) is 5.10 Å². The van der Waals surface area contributed by atoms with E-state index in [1.807, 2.05) is 0 Å². The largest absolute Gasteiger partial charge is 0.364 e. The lowest BCUT2D eigenvalue weighted by Crippen LogP contribution is -2.31. The number of nitrogens with zero attached hydrogens (tertiary/aromatic N) is 2. The Labute approximate surface area is 97.7 Å². The number of rotatable bonds is 1. The molecule has 1 fully saturated rings. The summed E-state index contributed by atoms with van der Waals surface area (Å²) in [6.45, 7) is 1.67. The number of hydrogen-bond donors (Lipinski definition) is 2. The summed E-state index contributed by atoms with van der Waals surface area (Å²) in [5, 5.41) is 7.60. The molecule has 1 aliphatic heterocycles. The van der Waals surface area contributed by atoms with Gasteiger partial charge in [0.05, 0.1) is 5.75 Å². The van der Waals surface area contributed by atoms with Crippen molar-refractivity contribution in [3.05, 3.63) is 0 Å². The van der Waals surface area contributed by atoms with Crippen molar-refractivity contribution in [2.75, 3.05) is 12.8 Å². The Morgan fingerprint density at radius 2 is 2.47 bits per heavy atom. The fraction of sp³-hybridized carbons (Fsp3) is 0.375. The molecule has 0 aromatic heterocycles. The zero-order valence-corrected chi connectivity index (χ0v) is 9.96. The number of carbonyl (C=O) groups is 1. The SMILES string of the molecule is CC#CN1C(=O)CSC1=NNC(=S)NC. The first-order valence-electron chi connectivity index (χ1n) is 4.12. The van der Waals surface area contributed by atoms with Crippen molar-refractivity contribution in [2.45, 2.75) is 6.92 Å². The zero-order chi connectivity index (χ0) is 11.3. The average Bonchev–Trinajstić information content (AvgIpc) is 2.58. The lowest BCUT2D eigenvalue weighted by molar-refractivity contribution is -0.121. The van der Waals surface area contributed by atoms with Crippen molar-refractivity contribution < 1.29 is 4.79 Å². The van der Waals surface area contributed by atoms with Crippen LogP contribution in [0.1, 0.15) is 6.92 Å². The number of amides is 1. The maximum atomic E-state index is 11.3. The minimum Gasteiger partial charge on any atom is -0.364 e. The number of hydrazone groups is 1. The van der Waals surface area contributed by atoms with Crippen LogP contribution >= 0.6 is 24.0 Å². The van der Waals surface area contributed by atoms with Crippen molar-refractivity contribution in [1.82, 2.24) is 15.6 Å². The van der Waals surface area contributed by atoms with Gasteiger partial charge in [0.2, 0.25) is 5.17 Å². The quantitative estimate of drug-likeness (QED) is 0.382. The van der Waals surface area contributed by atoms with Gasteiger partial charge >= 0.3 is 0 Å².